The highest BCUT2D eigenvalue weighted by Gasteiger charge is 2.29. The molecule has 0 saturated carbocycles. The molecule has 2 rings (SSSR count). The van der Waals surface area contributed by atoms with Crippen molar-refractivity contribution < 1.29 is 24.2 Å². The lowest BCUT2D eigenvalue weighted by Crippen LogP contribution is -2.47. The second-order valence-electron chi connectivity index (χ2n) is 12.0. The second-order valence-corrected chi connectivity index (χ2v) is 12.0. The minimum atomic E-state index is -0.847. The number of benzene rings is 2. The van der Waals surface area contributed by atoms with Crippen LogP contribution in [-0.4, -0.2) is 47.5 Å². The zero-order chi connectivity index (χ0) is 30.4. The third-order valence-corrected chi connectivity index (χ3v) is 7.32. The summed E-state index contributed by atoms with van der Waals surface area (Å²) in [5.74, 6) is 0.609. The van der Waals surface area contributed by atoms with Crippen LogP contribution in [0.15, 0.2) is 54.6 Å². The maximum absolute atomic E-state index is 13.3. The predicted molar refractivity (Wildman–Crippen MR) is 164 cm³/mol. The van der Waals surface area contributed by atoms with Gasteiger partial charge in [-0.25, -0.2) is 0 Å². The van der Waals surface area contributed by atoms with E-state index in [2.05, 4.69) is 24.5 Å². The summed E-state index contributed by atoms with van der Waals surface area (Å²) in [7, 11) is 0. The quantitative estimate of drug-likeness (QED) is 0.224. The van der Waals surface area contributed by atoms with Crippen molar-refractivity contribution >= 4 is 17.6 Å². The van der Waals surface area contributed by atoms with Gasteiger partial charge in [0, 0.05) is 13.3 Å². The van der Waals surface area contributed by atoms with E-state index in [0.717, 1.165) is 24.0 Å². The number of nitrogens with one attached hydrogen (secondary N) is 2. The summed E-state index contributed by atoms with van der Waals surface area (Å²) < 4.78 is 5.73. The fourth-order valence-corrected chi connectivity index (χ4v) is 4.95. The molecule has 7 heteroatoms. The number of aliphatic hydroxyl groups excluding tert-OH is 1. The van der Waals surface area contributed by atoms with Gasteiger partial charge in [-0.15, -0.1) is 0 Å². The molecule has 2 amide bonds. The van der Waals surface area contributed by atoms with E-state index in [4.69, 9.17) is 4.74 Å². The van der Waals surface area contributed by atoms with Gasteiger partial charge < -0.3 is 20.5 Å². The van der Waals surface area contributed by atoms with Crippen LogP contribution in [0.1, 0.15) is 77.8 Å². The lowest BCUT2D eigenvalue weighted by molar-refractivity contribution is -0.128. The lowest BCUT2D eigenvalue weighted by atomic mass is 9.83. The summed E-state index contributed by atoms with van der Waals surface area (Å²) in [4.78, 5) is 37.9. The number of carbonyl (C=O) groups is 3. The van der Waals surface area contributed by atoms with Crippen LogP contribution in [0, 0.1) is 24.7 Å². The van der Waals surface area contributed by atoms with Crippen molar-refractivity contribution in [1.29, 1.82) is 0 Å². The molecule has 0 fully saturated rings. The van der Waals surface area contributed by atoms with Crippen molar-refractivity contribution in [2.24, 2.45) is 17.8 Å². The summed E-state index contributed by atoms with van der Waals surface area (Å²) in [6.45, 7) is 11.8. The first kappa shape index (κ1) is 34.0. The van der Waals surface area contributed by atoms with Crippen LogP contribution in [0.4, 0.5) is 0 Å². The number of aliphatic hydroxyl groups is 1. The van der Waals surface area contributed by atoms with E-state index in [1.807, 2.05) is 75.4 Å². The van der Waals surface area contributed by atoms with E-state index in [9.17, 15) is 19.5 Å². The zero-order valence-corrected chi connectivity index (χ0v) is 25.7. The number of amides is 2. The van der Waals surface area contributed by atoms with Crippen LogP contribution >= 0.6 is 0 Å². The molecule has 0 heterocycles. The van der Waals surface area contributed by atoms with Crippen molar-refractivity contribution in [2.75, 3.05) is 6.61 Å². The monoisotopic (exact) mass is 566 g/mol. The highest BCUT2D eigenvalue weighted by atomic mass is 16.5. The van der Waals surface area contributed by atoms with Crippen LogP contribution in [0.2, 0.25) is 0 Å². The average molecular weight is 567 g/mol. The summed E-state index contributed by atoms with van der Waals surface area (Å²) >= 11 is 0. The zero-order valence-electron chi connectivity index (χ0n) is 25.7. The molecule has 0 bridgehead atoms. The SMILES string of the molecule is CC(=O)N[C@H](C(=O)C[C@@H](CCC(C)C)C[C@H](O)[C@H](Cc1ccccc1)NC(=O)CCOc1ccc(C)cc1)C(C)C. The Balaban J connectivity index is 2.11. The van der Waals surface area contributed by atoms with Gasteiger partial charge >= 0.3 is 0 Å². The fraction of sp³-hybridized carbons (Fsp3) is 0.559. The average Bonchev–Trinajstić information content (AvgIpc) is 2.91. The number of ether oxygens (including phenoxy) is 1. The molecule has 3 N–H and O–H groups in total. The van der Waals surface area contributed by atoms with Crippen molar-refractivity contribution in [2.45, 2.75) is 98.3 Å². The van der Waals surface area contributed by atoms with Crippen molar-refractivity contribution in [1.82, 2.24) is 10.6 Å². The Bertz CT molecular complexity index is 1070. The molecule has 0 aliphatic heterocycles. The minimum Gasteiger partial charge on any atom is -0.493 e. The highest BCUT2D eigenvalue weighted by molar-refractivity contribution is 5.88. The number of carbonyl (C=O) groups excluding carboxylic acids is 3. The largest absolute Gasteiger partial charge is 0.493 e. The van der Waals surface area contributed by atoms with Gasteiger partial charge in [-0.1, -0.05) is 82.1 Å². The molecule has 7 nitrogen and oxygen atoms in total. The Hall–Kier alpha value is -3.19. The van der Waals surface area contributed by atoms with Gasteiger partial charge in [0.1, 0.15) is 5.75 Å². The molecule has 0 aromatic heterocycles. The minimum absolute atomic E-state index is 0.0203. The van der Waals surface area contributed by atoms with Crippen LogP contribution in [0.25, 0.3) is 0 Å². The van der Waals surface area contributed by atoms with Crippen LogP contribution in [0.3, 0.4) is 0 Å². The predicted octanol–water partition coefficient (Wildman–Crippen LogP) is 5.41. The molecular weight excluding hydrogens is 516 g/mol. The van der Waals surface area contributed by atoms with Crippen molar-refractivity contribution in [3.8, 4) is 5.75 Å². The molecule has 226 valence electrons. The normalized spacial score (nSPS) is 14.3. The number of aryl methyl sites for hydroxylation is 1. The van der Waals surface area contributed by atoms with E-state index in [-0.39, 0.29) is 48.9 Å². The summed E-state index contributed by atoms with van der Waals surface area (Å²) in [6, 6.07) is 16.4. The Kier molecular flexibility index (Phi) is 14.6. The summed E-state index contributed by atoms with van der Waals surface area (Å²) in [6.07, 6.45) is 2.13. The topological polar surface area (TPSA) is 105 Å². The first-order valence-corrected chi connectivity index (χ1v) is 14.9. The maximum atomic E-state index is 13.3. The van der Waals surface area contributed by atoms with Crippen molar-refractivity contribution in [3.05, 3.63) is 65.7 Å². The van der Waals surface area contributed by atoms with Gasteiger partial charge in [0.25, 0.3) is 0 Å². The van der Waals surface area contributed by atoms with Crippen LogP contribution in [-0.2, 0) is 20.8 Å². The Morgan fingerprint density at radius 1 is 0.902 bits per heavy atom. The van der Waals surface area contributed by atoms with Gasteiger partial charge in [-0.05, 0) is 61.6 Å². The molecule has 0 unspecified atom stereocenters. The van der Waals surface area contributed by atoms with Crippen molar-refractivity contribution in [3.63, 3.8) is 0 Å². The molecule has 0 spiro atoms. The van der Waals surface area contributed by atoms with E-state index in [1.54, 1.807) is 0 Å². The smallest absolute Gasteiger partial charge is 0.223 e. The molecule has 0 saturated heterocycles. The Labute approximate surface area is 246 Å². The molecular formula is C34H50N2O5. The number of hydrogen-bond donors (Lipinski definition) is 3. The highest BCUT2D eigenvalue weighted by Crippen LogP contribution is 2.25. The number of ketones is 1. The van der Waals surface area contributed by atoms with E-state index in [0.29, 0.717) is 24.5 Å². The molecule has 2 aromatic rings. The fourth-order valence-electron chi connectivity index (χ4n) is 4.95. The number of hydrogen-bond acceptors (Lipinski definition) is 5. The van der Waals surface area contributed by atoms with E-state index in [1.165, 1.54) is 6.92 Å². The maximum Gasteiger partial charge on any atom is 0.223 e. The Morgan fingerprint density at radius 3 is 2.15 bits per heavy atom. The van der Waals surface area contributed by atoms with Gasteiger partial charge in [-0.3, -0.25) is 14.4 Å². The first-order chi connectivity index (χ1) is 19.4. The van der Waals surface area contributed by atoms with E-state index < -0.39 is 18.2 Å². The molecule has 4 atom stereocenters. The van der Waals surface area contributed by atoms with Gasteiger partial charge in [0.15, 0.2) is 5.78 Å². The summed E-state index contributed by atoms with van der Waals surface area (Å²) in [5, 5.41) is 17.3. The molecule has 0 aliphatic rings. The van der Waals surface area contributed by atoms with Gasteiger partial charge in [0.05, 0.1) is 31.2 Å². The van der Waals surface area contributed by atoms with E-state index >= 15 is 0 Å². The van der Waals surface area contributed by atoms with Gasteiger partial charge in [0.2, 0.25) is 11.8 Å². The third-order valence-electron chi connectivity index (χ3n) is 7.32. The molecule has 2 aromatic carbocycles. The number of Topliss-reactive ketones (excluding diaryl/α,β-unsaturated/α-hetero) is 1. The lowest BCUT2D eigenvalue weighted by Gasteiger charge is -2.29. The third kappa shape index (κ3) is 13.3. The van der Waals surface area contributed by atoms with Crippen LogP contribution in [0.5, 0.6) is 5.75 Å². The standard InChI is InChI=1S/C34H50N2O5/c1-23(2)12-15-28(22-32(39)34(24(3)4)35-26(6)37)21-31(38)30(20-27-10-8-7-9-11-27)36-33(40)18-19-41-29-16-13-25(5)14-17-29/h7-11,13-14,16-17,23-24,28,30-31,34,38H,12,15,18-22H2,1-6H3,(H,35,37)(H,36,40)/t28-,30-,31-,34-/m0/s1. The molecule has 0 radical (unpaired) electrons. The van der Waals surface area contributed by atoms with Gasteiger partial charge in [-0.2, -0.15) is 0 Å². The first-order valence-electron chi connectivity index (χ1n) is 14.9. The number of rotatable bonds is 18. The van der Waals surface area contributed by atoms with Crippen LogP contribution < -0.4 is 15.4 Å². The second kappa shape index (κ2) is 17.6. The molecule has 0 aliphatic carbocycles. The Morgan fingerprint density at radius 2 is 1.56 bits per heavy atom. The molecule has 41 heavy (non-hydrogen) atoms. The summed E-state index contributed by atoms with van der Waals surface area (Å²) in [5.41, 5.74) is 2.14.